The van der Waals surface area contributed by atoms with Crippen LogP contribution in [0.15, 0.2) is 84.0 Å². The largest absolute Gasteiger partial charge is 0.497 e. The Labute approximate surface area is 158 Å². The summed E-state index contributed by atoms with van der Waals surface area (Å²) in [5.74, 6) is 0.764. The number of nitrogens with zero attached hydrogens (tertiary/aromatic N) is 1. The van der Waals surface area contributed by atoms with Crippen molar-refractivity contribution in [3.63, 3.8) is 0 Å². The van der Waals surface area contributed by atoms with Crippen LogP contribution in [-0.4, -0.2) is 18.4 Å². The van der Waals surface area contributed by atoms with Gasteiger partial charge in [-0.2, -0.15) is 5.10 Å². The Hall–Kier alpha value is -3.18. The molecule has 0 heterocycles. The van der Waals surface area contributed by atoms with E-state index in [1.807, 2.05) is 54.6 Å². The number of ether oxygens (including phenoxy) is 1. The van der Waals surface area contributed by atoms with Crippen LogP contribution in [0.4, 0.5) is 5.69 Å². The molecule has 0 aliphatic rings. The van der Waals surface area contributed by atoms with E-state index in [4.69, 9.17) is 17.0 Å². The standard InChI is InChI=1S/C21H19N3OS/c1-25-20-9-5-8-19(14-20)23-21(26)24-22-15-16-10-12-18(13-11-16)17-6-3-2-4-7-17/h2-15H,1H3,(H2,23,24,26)/b22-15-. The van der Waals surface area contributed by atoms with E-state index in [9.17, 15) is 0 Å². The van der Waals surface area contributed by atoms with E-state index in [0.29, 0.717) is 5.11 Å². The topological polar surface area (TPSA) is 45.6 Å². The van der Waals surface area contributed by atoms with Crippen LogP contribution in [0.3, 0.4) is 0 Å². The van der Waals surface area contributed by atoms with Crippen LogP contribution >= 0.6 is 12.2 Å². The van der Waals surface area contributed by atoms with Crippen molar-refractivity contribution < 1.29 is 4.74 Å². The highest BCUT2D eigenvalue weighted by Crippen LogP contribution is 2.19. The molecule has 3 aromatic carbocycles. The number of nitrogens with one attached hydrogen (secondary N) is 2. The lowest BCUT2D eigenvalue weighted by Crippen LogP contribution is -2.23. The molecule has 0 radical (unpaired) electrons. The molecule has 0 unspecified atom stereocenters. The van der Waals surface area contributed by atoms with Crippen molar-refractivity contribution >= 4 is 29.2 Å². The Morgan fingerprint density at radius 1 is 0.923 bits per heavy atom. The van der Waals surface area contributed by atoms with Crippen LogP contribution < -0.4 is 15.5 Å². The highest BCUT2D eigenvalue weighted by Gasteiger charge is 1.99. The van der Waals surface area contributed by atoms with Crippen molar-refractivity contribution in [3.8, 4) is 16.9 Å². The number of methoxy groups -OCH3 is 1. The molecule has 130 valence electrons. The summed E-state index contributed by atoms with van der Waals surface area (Å²) in [6, 6.07) is 26.0. The van der Waals surface area contributed by atoms with Crippen molar-refractivity contribution in [1.29, 1.82) is 0 Å². The van der Waals surface area contributed by atoms with Gasteiger partial charge in [-0.25, -0.2) is 0 Å². The summed E-state index contributed by atoms with van der Waals surface area (Å²) in [5.41, 5.74) is 7.00. The molecule has 0 spiro atoms. The normalized spacial score (nSPS) is 10.5. The third-order valence-corrected chi connectivity index (χ3v) is 3.92. The van der Waals surface area contributed by atoms with Gasteiger partial charge in [0.15, 0.2) is 5.11 Å². The molecule has 0 bridgehead atoms. The SMILES string of the molecule is COc1cccc(NC(=S)N/N=C\c2ccc(-c3ccccc3)cc2)c1. The zero-order valence-corrected chi connectivity index (χ0v) is 15.2. The molecular weight excluding hydrogens is 342 g/mol. The third-order valence-electron chi connectivity index (χ3n) is 3.73. The molecule has 5 heteroatoms. The number of anilines is 1. The van der Waals surface area contributed by atoms with Gasteiger partial charge in [-0.05, 0) is 41.0 Å². The van der Waals surface area contributed by atoms with Gasteiger partial charge in [0.1, 0.15) is 5.75 Å². The Kier molecular flexibility index (Phi) is 5.96. The van der Waals surface area contributed by atoms with Crippen molar-refractivity contribution in [2.45, 2.75) is 0 Å². The number of hydrogen-bond acceptors (Lipinski definition) is 3. The predicted octanol–water partition coefficient (Wildman–Crippen LogP) is 4.68. The average Bonchev–Trinajstić information content (AvgIpc) is 2.69. The Morgan fingerprint density at radius 3 is 2.38 bits per heavy atom. The van der Waals surface area contributed by atoms with Gasteiger partial charge >= 0.3 is 0 Å². The van der Waals surface area contributed by atoms with Gasteiger partial charge in [-0.15, -0.1) is 0 Å². The van der Waals surface area contributed by atoms with E-state index in [2.05, 4.69) is 40.1 Å². The minimum Gasteiger partial charge on any atom is -0.497 e. The van der Waals surface area contributed by atoms with Crippen molar-refractivity contribution in [2.24, 2.45) is 5.10 Å². The fourth-order valence-electron chi connectivity index (χ4n) is 2.42. The second-order valence-corrected chi connectivity index (χ2v) is 5.95. The summed E-state index contributed by atoms with van der Waals surface area (Å²) in [6.45, 7) is 0. The highest BCUT2D eigenvalue weighted by molar-refractivity contribution is 7.80. The fourth-order valence-corrected chi connectivity index (χ4v) is 2.59. The molecule has 3 aromatic rings. The summed E-state index contributed by atoms with van der Waals surface area (Å²) in [4.78, 5) is 0. The molecule has 4 nitrogen and oxygen atoms in total. The van der Waals surface area contributed by atoms with Gasteiger partial charge in [-0.3, -0.25) is 5.43 Å². The summed E-state index contributed by atoms with van der Waals surface area (Å²) in [5, 5.41) is 7.65. The molecule has 0 fully saturated rings. The van der Waals surface area contributed by atoms with E-state index < -0.39 is 0 Å². The van der Waals surface area contributed by atoms with Gasteiger partial charge in [0, 0.05) is 11.8 Å². The van der Waals surface area contributed by atoms with Crippen LogP contribution in [-0.2, 0) is 0 Å². The fraction of sp³-hybridized carbons (Fsp3) is 0.0476. The first kappa shape index (κ1) is 17.6. The second kappa shape index (κ2) is 8.78. The van der Waals surface area contributed by atoms with E-state index in [1.165, 1.54) is 11.1 Å². The zero-order chi connectivity index (χ0) is 18.2. The average molecular weight is 361 g/mol. The highest BCUT2D eigenvalue weighted by atomic mass is 32.1. The molecule has 0 saturated carbocycles. The maximum Gasteiger partial charge on any atom is 0.191 e. The first-order valence-electron chi connectivity index (χ1n) is 8.14. The molecule has 0 amide bonds. The maximum absolute atomic E-state index is 5.24. The molecule has 0 atom stereocenters. The lowest BCUT2D eigenvalue weighted by atomic mass is 10.0. The molecule has 26 heavy (non-hydrogen) atoms. The predicted molar refractivity (Wildman–Crippen MR) is 112 cm³/mol. The molecule has 2 N–H and O–H groups in total. The van der Waals surface area contributed by atoms with Crippen LogP contribution in [0.25, 0.3) is 11.1 Å². The van der Waals surface area contributed by atoms with Gasteiger partial charge in [0.05, 0.1) is 13.3 Å². The minimum atomic E-state index is 0.412. The maximum atomic E-state index is 5.24. The summed E-state index contributed by atoms with van der Waals surface area (Å²) in [7, 11) is 1.63. The van der Waals surface area contributed by atoms with E-state index in [1.54, 1.807) is 13.3 Å². The second-order valence-electron chi connectivity index (χ2n) is 5.54. The van der Waals surface area contributed by atoms with Crippen molar-refractivity contribution in [1.82, 2.24) is 5.43 Å². The summed E-state index contributed by atoms with van der Waals surface area (Å²) in [6.07, 6.45) is 1.73. The molecular formula is C21H19N3OS. The Morgan fingerprint density at radius 2 is 1.65 bits per heavy atom. The number of thiocarbonyl (C=S) groups is 1. The zero-order valence-electron chi connectivity index (χ0n) is 14.3. The van der Waals surface area contributed by atoms with Crippen molar-refractivity contribution in [2.75, 3.05) is 12.4 Å². The number of hydrogen-bond donors (Lipinski definition) is 2. The molecule has 0 aliphatic carbocycles. The van der Waals surface area contributed by atoms with Crippen LogP contribution in [0.1, 0.15) is 5.56 Å². The molecule has 3 rings (SSSR count). The smallest absolute Gasteiger partial charge is 0.191 e. The summed E-state index contributed by atoms with van der Waals surface area (Å²) < 4.78 is 5.18. The molecule has 0 aromatic heterocycles. The minimum absolute atomic E-state index is 0.412. The molecule has 0 aliphatic heterocycles. The lowest BCUT2D eigenvalue weighted by Gasteiger charge is -2.08. The quantitative estimate of drug-likeness (QED) is 0.393. The Balaban J connectivity index is 1.55. The first-order chi connectivity index (χ1) is 12.7. The first-order valence-corrected chi connectivity index (χ1v) is 8.55. The Bertz CT molecular complexity index is 893. The lowest BCUT2D eigenvalue weighted by molar-refractivity contribution is 0.415. The van der Waals surface area contributed by atoms with Crippen LogP contribution in [0.2, 0.25) is 0 Å². The number of rotatable bonds is 5. The third kappa shape index (κ3) is 4.91. The number of hydrazone groups is 1. The molecule has 0 saturated heterocycles. The van der Waals surface area contributed by atoms with Gasteiger partial charge < -0.3 is 10.1 Å². The van der Waals surface area contributed by atoms with Gasteiger partial charge in [-0.1, -0.05) is 60.7 Å². The monoisotopic (exact) mass is 361 g/mol. The van der Waals surface area contributed by atoms with Crippen LogP contribution in [0.5, 0.6) is 5.75 Å². The van der Waals surface area contributed by atoms with Crippen molar-refractivity contribution in [3.05, 3.63) is 84.4 Å². The van der Waals surface area contributed by atoms with E-state index in [0.717, 1.165) is 17.0 Å². The van der Waals surface area contributed by atoms with Gasteiger partial charge in [0.2, 0.25) is 0 Å². The van der Waals surface area contributed by atoms with Crippen LogP contribution in [0, 0.1) is 0 Å². The number of benzene rings is 3. The van der Waals surface area contributed by atoms with Gasteiger partial charge in [0.25, 0.3) is 0 Å². The van der Waals surface area contributed by atoms with E-state index in [-0.39, 0.29) is 0 Å². The van der Waals surface area contributed by atoms with E-state index >= 15 is 0 Å². The summed E-state index contributed by atoms with van der Waals surface area (Å²) >= 11 is 5.24.